The van der Waals surface area contributed by atoms with E-state index in [9.17, 15) is 9.90 Å². The SMILES string of the molecule is COCO[C@@](O)(CBr)[C@H](N=[N+]=[N-])C(=O)OC. The van der Waals surface area contributed by atoms with Crippen molar-refractivity contribution in [1.82, 2.24) is 0 Å². The van der Waals surface area contributed by atoms with Crippen LogP contribution in [0.5, 0.6) is 0 Å². The molecule has 0 aromatic rings. The number of ether oxygens (including phenoxy) is 3. The Bertz CT molecular complexity index is 283. The Hall–Kier alpha value is -0.860. The molecule has 0 saturated heterocycles. The van der Waals surface area contributed by atoms with Gasteiger partial charge in [0.05, 0.1) is 12.4 Å². The molecule has 0 aliphatic heterocycles. The lowest BCUT2D eigenvalue weighted by atomic mass is 10.1. The van der Waals surface area contributed by atoms with Crippen LogP contribution in [-0.2, 0) is 19.0 Å². The van der Waals surface area contributed by atoms with Gasteiger partial charge < -0.3 is 19.3 Å². The van der Waals surface area contributed by atoms with E-state index in [1.807, 2.05) is 0 Å². The van der Waals surface area contributed by atoms with Crippen LogP contribution in [0, 0.1) is 0 Å². The Morgan fingerprint density at radius 1 is 1.69 bits per heavy atom. The van der Waals surface area contributed by atoms with Crippen LogP contribution >= 0.6 is 15.9 Å². The number of rotatable bonds is 7. The number of methoxy groups -OCH3 is 2. The van der Waals surface area contributed by atoms with Crippen LogP contribution in [0.2, 0.25) is 0 Å². The Morgan fingerprint density at radius 2 is 2.31 bits per heavy atom. The first kappa shape index (κ1) is 15.1. The summed E-state index contributed by atoms with van der Waals surface area (Å²) in [6, 6.07) is -1.52. The van der Waals surface area contributed by atoms with Gasteiger partial charge in [-0.15, -0.1) is 0 Å². The highest BCUT2D eigenvalue weighted by Gasteiger charge is 2.42. The maximum atomic E-state index is 11.3. The van der Waals surface area contributed by atoms with Crippen molar-refractivity contribution in [2.45, 2.75) is 11.8 Å². The predicted molar refractivity (Wildman–Crippen MR) is 56.7 cm³/mol. The highest BCUT2D eigenvalue weighted by Crippen LogP contribution is 2.20. The number of aliphatic hydroxyl groups is 1. The number of azide groups is 1. The summed E-state index contributed by atoms with van der Waals surface area (Å²) in [5.74, 6) is -2.93. The molecule has 0 heterocycles. The first-order valence-electron chi connectivity index (χ1n) is 4.09. The molecule has 0 aromatic carbocycles. The first-order valence-corrected chi connectivity index (χ1v) is 5.21. The number of hydrogen-bond acceptors (Lipinski definition) is 6. The summed E-state index contributed by atoms with van der Waals surface area (Å²) >= 11 is 2.95. The number of carbonyl (C=O) groups is 1. The van der Waals surface area contributed by atoms with Crippen molar-refractivity contribution in [2.24, 2.45) is 5.11 Å². The molecule has 2 atom stereocenters. The van der Waals surface area contributed by atoms with Gasteiger partial charge in [0, 0.05) is 12.0 Å². The van der Waals surface area contributed by atoms with Crippen LogP contribution < -0.4 is 0 Å². The first-order chi connectivity index (χ1) is 7.55. The highest BCUT2D eigenvalue weighted by molar-refractivity contribution is 9.09. The van der Waals surface area contributed by atoms with E-state index in [0.29, 0.717) is 0 Å². The quantitative estimate of drug-likeness (QED) is 0.184. The zero-order valence-corrected chi connectivity index (χ0v) is 10.4. The Balaban J connectivity index is 4.95. The van der Waals surface area contributed by atoms with Crippen molar-refractivity contribution < 1.29 is 24.1 Å². The predicted octanol–water partition coefficient (Wildman–Crippen LogP) is 0.542. The minimum Gasteiger partial charge on any atom is -0.469 e. The minimum atomic E-state index is -2.02. The van der Waals surface area contributed by atoms with E-state index >= 15 is 0 Å². The van der Waals surface area contributed by atoms with Gasteiger partial charge in [-0.2, -0.15) is 0 Å². The van der Waals surface area contributed by atoms with Crippen molar-refractivity contribution in [3.8, 4) is 0 Å². The van der Waals surface area contributed by atoms with Crippen LogP contribution in [0.15, 0.2) is 5.11 Å². The van der Waals surface area contributed by atoms with Gasteiger partial charge in [0.25, 0.3) is 0 Å². The number of halogens is 1. The fourth-order valence-electron chi connectivity index (χ4n) is 0.836. The third kappa shape index (κ3) is 3.95. The molecule has 16 heavy (non-hydrogen) atoms. The largest absolute Gasteiger partial charge is 0.469 e. The van der Waals surface area contributed by atoms with Crippen molar-refractivity contribution >= 4 is 21.9 Å². The van der Waals surface area contributed by atoms with Crippen LogP contribution in [0.25, 0.3) is 10.4 Å². The van der Waals surface area contributed by atoms with Gasteiger partial charge in [0.15, 0.2) is 11.8 Å². The second kappa shape index (κ2) is 7.42. The Kier molecular flexibility index (Phi) is 7.02. The summed E-state index contributed by atoms with van der Waals surface area (Å²) in [5, 5.41) is 12.9. The fourth-order valence-corrected chi connectivity index (χ4v) is 1.30. The van der Waals surface area contributed by atoms with Gasteiger partial charge in [0.2, 0.25) is 0 Å². The summed E-state index contributed by atoms with van der Waals surface area (Å²) in [6.07, 6.45) is 0. The minimum absolute atomic E-state index is 0.151. The van der Waals surface area contributed by atoms with E-state index in [4.69, 9.17) is 10.3 Å². The molecule has 8 nitrogen and oxygen atoms in total. The second-order valence-corrected chi connectivity index (χ2v) is 3.22. The topological polar surface area (TPSA) is 114 Å². The summed E-state index contributed by atoms with van der Waals surface area (Å²) in [5.41, 5.74) is 8.30. The summed E-state index contributed by atoms with van der Waals surface area (Å²) in [7, 11) is 2.45. The van der Waals surface area contributed by atoms with Crippen LogP contribution in [0.3, 0.4) is 0 Å². The maximum Gasteiger partial charge on any atom is 0.320 e. The van der Waals surface area contributed by atoms with Gasteiger partial charge in [-0.3, -0.25) is 4.79 Å². The Morgan fingerprint density at radius 3 is 2.69 bits per heavy atom. The zero-order chi connectivity index (χ0) is 12.6. The lowest BCUT2D eigenvalue weighted by Gasteiger charge is -2.29. The summed E-state index contributed by atoms with van der Waals surface area (Å²) < 4.78 is 13.9. The molecule has 0 amide bonds. The van der Waals surface area contributed by atoms with Gasteiger partial charge in [-0.05, 0) is 5.53 Å². The van der Waals surface area contributed by atoms with E-state index in [1.54, 1.807) is 0 Å². The third-order valence-corrected chi connectivity index (χ3v) is 2.44. The van der Waals surface area contributed by atoms with Gasteiger partial charge in [-0.1, -0.05) is 21.0 Å². The molecule has 0 spiro atoms. The molecule has 0 bridgehead atoms. The second-order valence-electron chi connectivity index (χ2n) is 2.66. The van der Waals surface area contributed by atoms with Crippen LogP contribution in [0.4, 0.5) is 0 Å². The smallest absolute Gasteiger partial charge is 0.320 e. The summed E-state index contributed by atoms with van der Waals surface area (Å²) in [4.78, 5) is 13.7. The molecule has 0 saturated carbocycles. The molecule has 92 valence electrons. The van der Waals surface area contributed by atoms with Crippen molar-refractivity contribution in [3.63, 3.8) is 0 Å². The molecule has 0 rings (SSSR count). The molecular formula is C7H12BrN3O5. The van der Waals surface area contributed by atoms with Crippen molar-refractivity contribution in [3.05, 3.63) is 10.4 Å². The fraction of sp³-hybridized carbons (Fsp3) is 0.857. The standard InChI is InChI=1S/C7H12BrN3O5/c1-14-4-16-7(13,3-8)5(10-11-9)6(12)15-2/h5,13H,3-4H2,1-2H3/t5-,7+/m1/s1. The van der Waals surface area contributed by atoms with Gasteiger partial charge >= 0.3 is 5.97 Å². The zero-order valence-electron chi connectivity index (χ0n) is 8.79. The lowest BCUT2D eigenvalue weighted by molar-refractivity contribution is -0.240. The molecule has 0 aliphatic carbocycles. The summed E-state index contributed by atoms with van der Waals surface area (Å²) in [6.45, 7) is -0.267. The third-order valence-electron chi connectivity index (χ3n) is 1.64. The van der Waals surface area contributed by atoms with Crippen LogP contribution in [0.1, 0.15) is 0 Å². The normalized spacial score (nSPS) is 15.8. The van der Waals surface area contributed by atoms with E-state index < -0.39 is 17.8 Å². The number of nitrogens with zero attached hydrogens (tertiary/aromatic N) is 3. The van der Waals surface area contributed by atoms with Crippen molar-refractivity contribution in [2.75, 3.05) is 26.3 Å². The van der Waals surface area contributed by atoms with Gasteiger partial charge in [0.1, 0.15) is 6.79 Å². The maximum absolute atomic E-state index is 11.3. The van der Waals surface area contributed by atoms with E-state index in [-0.39, 0.29) is 12.1 Å². The average Bonchev–Trinajstić information content (AvgIpc) is 2.32. The average molecular weight is 298 g/mol. The van der Waals surface area contributed by atoms with Crippen molar-refractivity contribution in [1.29, 1.82) is 0 Å². The molecule has 0 aliphatic rings. The molecule has 0 radical (unpaired) electrons. The molecule has 0 aromatic heterocycles. The molecule has 0 unspecified atom stereocenters. The molecular weight excluding hydrogens is 286 g/mol. The van der Waals surface area contributed by atoms with E-state index in [0.717, 1.165) is 7.11 Å². The highest BCUT2D eigenvalue weighted by atomic mass is 79.9. The van der Waals surface area contributed by atoms with E-state index in [2.05, 4.69) is 35.4 Å². The lowest BCUT2D eigenvalue weighted by Crippen LogP contribution is -2.50. The van der Waals surface area contributed by atoms with Gasteiger partial charge in [-0.25, -0.2) is 0 Å². The number of carbonyl (C=O) groups excluding carboxylic acids is 1. The number of hydrogen-bond donors (Lipinski definition) is 1. The monoisotopic (exact) mass is 297 g/mol. The number of alkyl halides is 1. The Labute approximate surface area is 100 Å². The molecule has 9 heteroatoms. The molecule has 1 N–H and O–H groups in total. The van der Waals surface area contributed by atoms with Crippen LogP contribution in [-0.4, -0.2) is 49.2 Å². The number of esters is 1. The molecule has 0 fully saturated rings. The van der Waals surface area contributed by atoms with E-state index in [1.165, 1.54) is 7.11 Å².